The molecule has 0 fully saturated rings. The normalized spacial score (nSPS) is 12.2. The summed E-state index contributed by atoms with van der Waals surface area (Å²) in [5.74, 6) is -0.994. The number of alkyl halides is 6. The SMILES string of the molecule is NC(=O)c1noc(-c2ncccc2Cl)c1-c1cnn(Cc2ccc(C(F)(F)F)cc2C(F)(F)F)c1. The van der Waals surface area contributed by atoms with E-state index in [0.29, 0.717) is 6.07 Å². The van der Waals surface area contributed by atoms with Crippen LogP contribution in [-0.2, 0) is 18.9 Å². The predicted octanol–water partition coefficient (Wildman–Crippen LogP) is 5.44. The molecule has 0 aliphatic rings. The summed E-state index contributed by atoms with van der Waals surface area (Å²) in [6.07, 6.45) is -6.11. The third kappa shape index (κ3) is 4.85. The van der Waals surface area contributed by atoms with E-state index < -0.39 is 41.5 Å². The van der Waals surface area contributed by atoms with E-state index in [0.717, 1.165) is 10.7 Å². The first-order valence-electron chi connectivity index (χ1n) is 9.56. The lowest BCUT2D eigenvalue weighted by Gasteiger charge is -2.16. The first kappa shape index (κ1) is 24.3. The maximum Gasteiger partial charge on any atom is 0.416 e. The van der Waals surface area contributed by atoms with Gasteiger partial charge in [-0.05, 0) is 29.8 Å². The van der Waals surface area contributed by atoms with E-state index in [9.17, 15) is 31.1 Å². The van der Waals surface area contributed by atoms with Crippen LogP contribution in [0.15, 0.2) is 53.4 Å². The molecule has 35 heavy (non-hydrogen) atoms. The van der Waals surface area contributed by atoms with E-state index in [-0.39, 0.29) is 39.4 Å². The molecular weight excluding hydrogens is 504 g/mol. The van der Waals surface area contributed by atoms with Gasteiger partial charge in [0.1, 0.15) is 5.69 Å². The second-order valence-electron chi connectivity index (χ2n) is 7.23. The number of primary amides is 1. The van der Waals surface area contributed by atoms with Crippen LogP contribution in [0, 0.1) is 0 Å². The van der Waals surface area contributed by atoms with Gasteiger partial charge in [-0.3, -0.25) is 14.5 Å². The minimum absolute atomic E-state index is 0.0329. The topological polar surface area (TPSA) is 99.8 Å². The van der Waals surface area contributed by atoms with Crippen LogP contribution in [0.3, 0.4) is 0 Å². The predicted molar refractivity (Wildman–Crippen MR) is 110 cm³/mol. The van der Waals surface area contributed by atoms with E-state index in [4.69, 9.17) is 21.9 Å². The Hall–Kier alpha value is -3.87. The van der Waals surface area contributed by atoms with E-state index in [1.54, 1.807) is 6.07 Å². The van der Waals surface area contributed by atoms with E-state index in [1.807, 2.05) is 0 Å². The summed E-state index contributed by atoms with van der Waals surface area (Å²) in [6, 6.07) is 4.40. The fourth-order valence-electron chi connectivity index (χ4n) is 3.35. The van der Waals surface area contributed by atoms with Gasteiger partial charge in [0.2, 0.25) is 0 Å². The number of hydrogen-bond donors (Lipinski definition) is 1. The molecule has 1 amide bonds. The molecule has 0 saturated carbocycles. The molecule has 0 atom stereocenters. The third-order valence-corrected chi connectivity index (χ3v) is 5.20. The van der Waals surface area contributed by atoms with Gasteiger partial charge in [0.25, 0.3) is 5.91 Å². The Balaban J connectivity index is 1.76. The number of carbonyl (C=O) groups is 1. The smallest absolute Gasteiger partial charge is 0.364 e. The lowest BCUT2D eigenvalue weighted by molar-refractivity contribution is -0.143. The molecule has 0 unspecified atom stereocenters. The highest BCUT2D eigenvalue weighted by Crippen LogP contribution is 2.39. The molecule has 0 aliphatic carbocycles. The number of halogens is 7. The Labute approximate surface area is 197 Å². The van der Waals surface area contributed by atoms with Crippen LogP contribution < -0.4 is 5.73 Å². The molecule has 0 radical (unpaired) electrons. The summed E-state index contributed by atoms with van der Waals surface area (Å²) < 4.78 is 85.5. The molecule has 0 saturated heterocycles. The van der Waals surface area contributed by atoms with Crippen molar-refractivity contribution in [3.63, 3.8) is 0 Å². The van der Waals surface area contributed by atoms with Gasteiger partial charge in [-0.25, -0.2) is 0 Å². The van der Waals surface area contributed by atoms with Crippen LogP contribution in [0.2, 0.25) is 5.02 Å². The lowest BCUT2D eigenvalue weighted by atomic mass is 10.0. The summed E-state index contributed by atoms with van der Waals surface area (Å²) in [6.45, 7) is -0.524. The number of pyridine rings is 1. The first-order valence-corrected chi connectivity index (χ1v) is 9.94. The molecule has 0 spiro atoms. The summed E-state index contributed by atoms with van der Waals surface area (Å²) in [5, 5.41) is 7.77. The van der Waals surface area contributed by atoms with Crippen molar-refractivity contribution in [2.24, 2.45) is 5.73 Å². The maximum atomic E-state index is 13.5. The molecule has 4 rings (SSSR count). The molecule has 0 aliphatic heterocycles. The van der Waals surface area contributed by atoms with Gasteiger partial charge in [0.15, 0.2) is 11.5 Å². The summed E-state index contributed by atoms with van der Waals surface area (Å²) in [5.41, 5.74) is 2.09. The summed E-state index contributed by atoms with van der Waals surface area (Å²) >= 11 is 6.15. The Morgan fingerprint density at radius 2 is 1.86 bits per heavy atom. The number of nitrogens with two attached hydrogens (primary N) is 1. The van der Waals surface area contributed by atoms with Gasteiger partial charge in [0.05, 0.1) is 34.5 Å². The molecule has 0 bridgehead atoms. The van der Waals surface area contributed by atoms with Crippen molar-refractivity contribution in [2.45, 2.75) is 18.9 Å². The standard InChI is InChI=1S/C21H12ClF6N5O2/c22-14-2-1-5-30-16(14)18-15(17(19(29)34)32-35-18)11-7-31-33(9-11)8-10-3-4-12(20(23,24)25)6-13(10)21(26,27)28/h1-7,9H,8H2,(H2,29,34). The molecule has 3 heterocycles. The van der Waals surface area contributed by atoms with Crippen molar-refractivity contribution in [3.8, 4) is 22.6 Å². The number of amides is 1. The second-order valence-corrected chi connectivity index (χ2v) is 7.63. The first-order chi connectivity index (χ1) is 16.4. The van der Waals surface area contributed by atoms with Crippen LogP contribution in [0.25, 0.3) is 22.6 Å². The Kier molecular flexibility index (Phi) is 6.05. The van der Waals surface area contributed by atoms with Crippen molar-refractivity contribution in [3.05, 3.63) is 76.3 Å². The molecule has 1 aromatic carbocycles. The van der Waals surface area contributed by atoms with Crippen molar-refractivity contribution in [1.82, 2.24) is 19.9 Å². The van der Waals surface area contributed by atoms with Crippen molar-refractivity contribution >= 4 is 17.5 Å². The van der Waals surface area contributed by atoms with Crippen molar-refractivity contribution in [1.29, 1.82) is 0 Å². The molecule has 3 aromatic heterocycles. The number of aromatic nitrogens is 4. The van der Waals surface area contributed by atoms with Crippen molar-refractivity contribution in [2.75, 3.05) is 0 Å². The second kappa shape index (κ2) is 8.73. The molecule has 14 heteroatoms. The highest BCUT2D eigenvalue weighted by Gasteiger charge is 2.38. The molecule has 2 N–H and O–H groups in total. The number of hydrogen-bond acceptors (Lipinski definition) is 5. The zero-order valence-electron chi connectivity index (χ0n) is 17.2. The van der Waals surface area contributed by atoms with Gasteiger partial charge in [-0.2, -0.15) is 31.4 Å². The summed E-state index contributed by atoms with van der Waals surface area (Å²) in [7, 11) is 0. The zero-order valence-corrected chi connectivity index (χ0v) is 17.9. The number of benzene rings is 1. The van der Waals surface area contributed by atoms with E-state index in [1.165, 1.54) is 24.7 Å². The van der Waals surface area contributed by atoms with Crippen LogP contribution in [0.1, 0.15) is 27.2 Å². The minimum Gasteiger partial charge on any atom is -0.364 e. The van der Waals surface area contributed by atoms with Crippen LogP contribution in [0.4, 0.5) is 26.3 Å². The molecule has 182 valence electrons. The van der Waals surface area contributed by atoms with Gasteiger partial charge < -0.3 is 10.3 Å². The largest absolute Gasteiger partial charge is 0.416 e. The monoisotopic (exact) mass is 515 g/mol. The zero-order chi connectivity index (χ0) is 25.5. The fourth-order valence-corrected chi connectivity index (χ4v) is 3.56. The number of nitrogens with zero attached hydrogens (tertiary/aromatic N) is 4. The average Bonchev–Trinajstić information content (AvgIpc) is 3.39. The number of carbonyl (C=O) groups excluding carboxylic acids is 1. The lowest BCUT2D eigenvalue weighted by Crippen LogP contribution is -2.15. The van der Waals surface area contributed by atoms with Gasteiger partial charge in [-0.15, -0.1) is 0 Å². The van der Waals surface area contributed by atoms with Gasteiger partial charge in [0, 0.05) is 18.0 Å². The van der Waals surface area contributed by atoms with Gasteiger partial charge >= 0.3 is 12.4 Å². The van der Waals surface area contributed by atoms with Gasteiger partial charge in [-0.1, -0.05) is 22.8 Å². The highest BCUT2D eigenvalue weighted by atomic mass is 35.5. The van der Waals surface area contributed by atoms with Crippen LogP contribution in [-0.4, -0.2) is 25.8 Å². The fraction of sp³-hybridized carbons (Fsp3) is 0.143. The minimum atomic E-state index is -5.04. The summed E-state index contributed by atoms with van der Waals surface area (Å²) in [4.78, 5) is 16.0. The highest BCUT2D eigenvalue weighted by molar-refractivity contribution is 6.33. The maximum absolute atomic E-state index is 13.5. The quantitative estimate of drug-likeness (QED) is 0.357. The Morgan fingerprint density at radius 1 is 1.11 bits per heavy atom. The Morgan fingerprint density at radius 3 is 2.49 bits per heavy atom. The Bertz CT molecular complexity index is 1410. The third-order valence-electron chi connectivity index (χ3n) is 4.90. The van der Waals surface area contributed by atoms with E-state index in [2.05, 4.69) is 15.2 Å². The van der Waals surface area contributed by atoms with Crippen LogP contribution in [0.5, 0.6) is 0 Å². The van der Waals surface area contributed by atoms with E-state index >= 15 is 0 Å². The van der Waals surface area contributed by atoms with Crippen molar-refractivity contribution < 1.29 is 35.7 Å². The molecule has 4 aromatic rings. The number of rotatable bonds is 5. The average molecular weight is 516 g/mol. The molecule has 7 nitrogen and oxygen atoms in total. The van der Waals surface area contributed by atoms with Crippen LogP contribution >= 0.6 is 11.6 Å². The molecular formula is C21H12ClF6N5O2.